The van der Waals surface area contributed by atoms with Crippen LogP contribution in [-0.2, 0) is 0 Å². The maximum atomic E-state index is 6.24. The molecule has 0 aromatic heterocycles. The molecule has 4 heteroatoms. The maximum Gasteiger partial charge on any atom is 0.137 e. The van der Waals surface area contributed by atoms with Crippen molar-refractivity contribution in [3.05, 3.63) is 28.8 Å². The quantitative estimate of drug-likeness (QED) is 0.902. The van der Waals surface area contributed by atoms with Gasteiger partial charge in [-0.25, -0.2) is 0 Å². The highest BCUT2D eigenvalue weighted by Gasteiger charge is 2.25. The zero-order valence-electron chi connectivity index (χ0n) is 12.4. The fourth-order valence-corrected chi connectivity index (χ4v) is 3.44. The molecule has 0 bridgehead atoms. The van der Waals surface area contributed by atoms with Crippen LogP contribution in [0, 0.1) is 0 Å². The second kappa shape index (κ2) is 7.30. The minimum atomic E-state index is 0.224. The van der Waals surface area contributed by atoms with Crippen LogP contribution >= 0.6 is 11.6 Å². The Bertz CT molecular complexity index is 432. The molecule has 0 amide bonds. The second-order valence-corrected chi connectivity index (χ2v) is 6.01. The minimum absolute atomic E-state index is 0.224. The lowest BCUT2D eigenvalue weighted by Gasteiger charge is -2.37. The maximum absolute atomic E-state index is 6.24. The van der Waals surface area contributed by atoms with Crippen molar-refractivity contribution in [2.24, 2.45) is 5.73 Å². The van der Waals surface area contributed by atoms with E-state index in [1.807, 2.05) is 12.1 Å². The smallest absolute Gasteiger partial charge is 0.137 e. The lowest BCUT2D eigenvalue weighted by atomic mass is 9.92. The molecule has 0 radical (unpaired) electrons. The van der Waals surface area contributed by atoms with Gasteiger partial charge in [-0.15, -0.1) is 0 Å². The molecule has 0 aliphatic heterocycles. The summed E-state index contributed by atoms with van der Waals surface area (Å²) in [5, 5.41) is 0.653. The lowest BCUT2D eigenvalue weighted by Crippen LogP contribution is -2.39. The number of ether oxygens (including phenoxy) is 1. The van der Waals surface area contributed by atoms with Crippen LogP contribution in [0.2, 0.25) is 5.02 Å². The van der Waals surface area contributed by atoms with Crippen molar-refractivity contribution < 1.29 is 4.74 Å². The van der Waals surface area contributed by atoms with Gasteiger partial charge in [-0.1, -0.05) is 36.9 Å². The zero-order valence-corrected chi connectivity index (χ0v) is 13.2. The first-order valence-electron chi connectivity index (χ1n) is 7.42. The highest BCUT2D eigenvalue weighted by atomic mass is 35.5. The van der Waals surface area contributed by atoms with Gasteiger partial charge in [0.05, 0.1) is 12.1 Å². The minimum Gasteiger partial charge on any atom is -0.495 e. The number of methoxy groups -OCH3 is 1. The van der Waals surface area contributed by atoms with Gasteiger partial charge in [0.15, 0.2) is 0 Å². The average Bonchev–Trinajstić information content (AvgIpc) is 2.49. The van der Waals surface area contributed by atoms with E-state index in [2.05, 4.69) is 18.0 Å². The normalized spacial score (nSPS) is 18.2. The van der Waals surface area contributed by atoms with Gasteiger partial charge < -0.3 is 10.5 Å². The van der Waals surface area contributed by atoms with E-state index in [0.29, 0.717) is 23.4 Å². The van der Waals surface area contributed by atoms with E-state index < -0.39 is 0 Å². The SMILES string of the molecule is COc1ccc(C(CN)N(C)C2CCCCC2)cc1Cl. The van der Waals surface area contributed by atoms with Crippen LogP contribution in [0.25, 0.3) is 0 Å². The van der Waals surface area contributed by atoms with Crippen molar-refractivity contribution in [2.45, 2.75) is 44.2 Å². The number of rotatable bonds is 5. The van der Waals surface area contributed by atoms with E-state index in [0.717, 1.165) is 0 Å². The van der Waals surface area contributed by atoms with Gasteiger partial charge in [-0.2, -0.15) is 0 Å². The number of nitrogens with zero attached hydrogens (tertiary/aromatic N) is 1. The summed E-state index contributed by atoms with van der Waals surface area (Å²) in [5.74, 6) is 0.714. The van der Waals surface area contributed by atoms with Crippen LogP contribution in [0.4, 0.5) is 0 Å². The summed E-state index contributed by atoms with van der Waals surface area (Å²) in [6.07, 6.45) is 6.57. The van der Waals surface area contributed by atoms with Crippen LogP contribution in [0.5, 0.6) is 5.75 Å². The molecule has 1 saturated carbocycles. The molecule has 1 aromatic carbocycles. The number of hydrogen-bond acceptors (Lipinski definition) is 3. The van der Waals surface area contributed by atoms with E-state index in [9.17, 15) is 0 Å². The standard InChI is InChI=1S/C16H25ClN2O/c1-19(13-6-4-3-5-7-13)15(11-18)12-8-9-16(20-2)14(17)10-12/h8-10,13,15H,3-7,11,18H2,1-2H3. The molecule has 0 saturated heterocycles. The third-order valence-corrected chi connectivity index (χ3v) is 4.72. The topological polar surface area (TPSA) is 38.5 Å². The monoisotopic (exact) mass is 296 g/mol. The predicted molar refractivity (Wildman–Crippen MR) is 84.4 cm³/mol. The Hall–Kier alpha value is -0.770. The summed E-state index contributed by atoms with van der Waals surface area (Å²) in [4.78, 5) is 2.43. The van der Waals surface area contributed by atoms with Gasteiger partial charge in [-0.3, -0.25) is 4.90 Å². The predicted octanol–water partition coefficient (Wildman–Crippen LogP) is 3.61. The van der Waals surface area contributed by atoms with Crippen LogP contribution in [0.1, 0.15) is 43.7 Å². The number of benzene rings is 1. The summed E-state index contributed by atoms with van der Waals surface area (Å²) in [6, 6.07) is 6.84. The molecule has 0 heterocycles. The van der Waals surface area contributed by atoms with Gasteiger partial charge in [0.25, 0.3) is 0 Å². The summed E-state index contributed by atoms with van der Waals surface area (Å²) < 4.78 is 5.21. The molecule has 1 aromatic rings. The van der Waals surface area contributed by atoms with Crippen molar-refractivity contribution in [3.63, 3.8) is 0 Å². The van der Waals surface area contributed by atoms with Crippen LogP contribution in [0.15, 0.2) is 18.2 Å². The fraction of sp³-hybridized carbons (Fsp3) is 0.625. The number of halogens is 1. The van der Waals surface area contributed by atoms with Crippen molar-refractivity contribution in [2.75, 3.05) is 20.7 Å². The Morgan fingerprint density at radius 3 is 2.60 bits per heavy atom. The zero-order chi connectivity index (χ0) is 14.5. The van der Waals surface area contributed by atoms with Crippen LogP contribution in [0.3, 0.4) is 0 Å². The molecule has 1 fully saturated rings. The van der Waals surface area contributed by atoms with E-state index >= 15 is 0 Å². The fourth-order valence-electron chi connectivity index (χ4n) is 3.17. The Morgan fingerprint density at radius 2 is 2.05 bits per heavy atom. The van der Waals surface area contributed by atoms with Crippen molar-refractivity contribution >= 4 is 11.6 Å². The average molecular weight is 297 g/mol. The largest absolute Gasteiger partial charge is 0.495 e. The summed E-state index contributed by atoms with van der Waals surface area (Å²) in [6.45, 7) is 0.607. The van der Waals surface area contributed by atoms with E-state index in [1.54, 1.807) is 7.11 Å². The summed E-state index contributed by atoms with van der Waals surface area (Å²) >= 11 is 6.24. The molecular formula is C16H25ClN2O. The van der Waals surface area contributed by atoms with Gasteiger partial charge >= 0.3 is 0 Å². The molecule has 3 nitrogen and oxygen atoms in total. The Kier molecular flexibility index (Phi) is 5.70. The third kappa shape index (κ3) is 3.46. The van der Waals surface area contributed by atoms with Crippen LogP contribution in [-0.4, -0.2) is 31.6 Å². The highest BCUT2D eigenvalue weighted by Crippen LogP contribution is 2.32. The number of likely N-dealkylation sites (N-methyl/N-ethyl adjacent to an activating group) is 1. The molecule has 1 aliphatic carbocycles. The molecule has 1 aliphatic rings. The first-order chi connectivity index (χ1) is 9.67. The van der Waals surface area contributed by atoms with Crippen molar-refractivity contribution in [3.8, 4) is 5.75 Å². The summed E-state index contributed by atoms with van der Waals surface area (Å²) in [7, 11) is 3.82. The first-order valence-corrected chi connectivity index (χ1v) is 7.80. The van der Waals surface area contributed by atoms with Crippen molar-refractivity contribution in [1.82, 2.24) is 4.90 Å². The molecule has 112 valence electrons. The molecule has 20 heavy (non-hydrogen) atoms. The number of nitrogens with two attached hydrogens (primary N) is 1. The highest BCUT2D eigenvalue weighted by molar-refractivity contribution is 6.32. The van der Waals surface area contributed by atoms with Gasteiger partial charge in [-0.05, 0) is 37.6 Å². The Morgan fingerprint density at radius 1 is 1.35 bits per heavy atom. The molecule has 2 N–H and O–H groups in total. The van der Waals surface area contributed by atoms with E-state index in [4.69, 9.17) is 22.1 Å². The lowest BCUT2D eigenvalue weighted by molar-refractivity contribution is 0.140. The molecule has 2 rings (SSSR count). The Labute approximate surface area is 127 Å². The third-order valence-electron chi connectivity index (χ3n) is 4.43. The molecule has 0 spiro atoms. The van der Waals surface area contributed by atoms with Gasteiger partial charge in [0.1, 0.15) is 5.75 Å². The van der Waals surface area contributed by atoms with Gasteiger partial charge in [0.2, 0.25) is 0 Å². The number of hydrogen-bond donors (Lipinski definition) is 1. The van der Waals surface area contributed by atoms with E-state index in [1.165, 1.54) is 37.7 Å². The molecular weight excluding hydrogens is 272 g/mol. The first kappa shape index (κ1) is 15.6. The second-order valence-electron chi connectivity index (χ2n) is 5.60. The van der Waals surface area contributed by atoms with E-state index in [-0.39, 0.29) is 6.04 Å². The Balaban J connectivity index is 2.16. The molecule has 1 unspecified atom stereocenters. The van der Waals surface area contributed by atoms with Gasteiger partial charge in [0, 0.05) is 18.6 Å². The molecule has 1 atom stereocenters. The summed E-state index contributed by atoms with van der Waals surface area (Å²) in [5.41, 5.74) is 7.19. The van der Waals surface area contributed by atoms with Crippen molar-refractivity contribution in [1.29, 1.82) is 0 Å². The van der Waals surface area contributed by atoms with Crippen LogP contribution < -0.4 is 10.5 Å².